The molecule has 0 aliphatic carbocycles. The molecule has 0 spiro atoms. The Bertz CT molecular complexity index is 313. The number of rotatable bonds is 15. The second kappa shape index (κ2) is 16.2. The van der Waals surface area contributed by atoms with Crippen LogP contribution in [0.5, 0.6) is 0 Å². The monoisotopic (exact) mass is 323 g/mol. The molecule has 0 heterocycles. The van der Waals surface area contributed by atoms with Crippen molar-refractivity contribution in [2.24, 2.45) is 0 Å². The third-order valence-electron chi connectivity index (χ3n) is 4.12. The third kappa shape index (κ3) is 16.0. The molecule has 0 aromatic rings. The van der Waals surface area contributed by atoms with Gasteiger partial charge in [0.05, 0.1) is 0 Å². The quantitative estimate of drug-likeness (QED) is 0.352. The fourth-order valence-corrected chi connectivity index (χ4v) is 2.47. The molecule has 0 aliphatic heterocycles. The maximum Gasteiger partial charge on any atom is 0.0137 e. The zero-order valence-corrected chi connectivity index (χ0v) is 16.4. The van der Waals surface area contributed by atoms with Crippen molar-refractivity contribution in [2.45, 2.75) is 60.3 Å². The molecule has 0 aromatic heterocycles. The minimum Gasteiger partial charge on any atom is -0.317 e. The van der Waals surface area contributed by atoms with Gasteiger partial charge in [0.15, 0.2) is 0 Å². The zero-order chi connectivity index (χ0) is 17.3. The highest BCUT2D eigenvalue weighted by molar-refractivity contribution is 5.02. The van der Waals surface area contributed by atoms with Crippen LogP contribution < -0.4 is 10.6 Å². The summed E-state index contributed by atoms with van der Waals surface area (Å²) in [4.78, 5) is 2.48. The lowest BCUT2D eigenvalue weighted by atomic mass is 10.1. The molecule has 0 saturated heterocycles. The average Bonchev–Trinajstić information content (AvgIpc) is 2.52. The molecule has 2 N–H and O–H groups in total. The molecule has 0 amide bonds. The molecular formula is C20H41N3. The first-order chi connectivity index (χ1) is 11.1. The summed E-state index contributed by atoms with van der Waals surface area (Å²) in [6.45, 7) is 18.9. The highest BCUT2D eigenvalue weighted by Gasteiger charge is 1.97. The predicted octanol–water partition coefficient (Wildman–Crippen LogP) is 3.98. The molecule has 0 radical (unpaired) electrons. The van der Waals surface area contributed by atoms with Crippen LogP contribution in [0.3, 0.4) is 0 Å². The smallest absolute Gasteiger partial charge is 0.0137 e. The van der Waals surface area contributed by atoms with E-state index in [1.165, 1.54) is 56.5 Å². The molecule has 23 heavy (non-hydrogen) atoms. The summed E-state index contributed by atoms with van der Waals surface area (Å²) < 4.78 is 0. The van der Waals surface area contributed by atoms with E-state index in [1.807, 2.05) is 0 Å². The number of hydrogen-bond donors (Lipinski definition) is 2. The Labute approximate surface area is 145 Å². The van der Waals surface area contributed by atoms with Crippen molar-refractivity contribution >= 4 is 0 Å². The Kier molecular flexibility index (Phi) is 15.8. The Balaban J connectivity index is 3.37. The van der Waals surface area contributed by atoms with Gasteiger partial charge in [-0.1, -0.05) is 37.1 Å². The summed E-state index contributed by atoms with van der Waals surface area (Å²) in [5.74, 6) is 0. The topological polar surface area (TPSA) is 27.3 Å². The van der Waals surface area contributed by atoms with Gasteiger partial charge in [-0.3, -0.25) is 0 Å². The summed E-state index contributed by atoms with van der Waals surface area (Å²) in [6.07, 6.45) is 9.45. The standard InChI is InChI=1S/C20H41N3/c1-6-23(7-2)18-10-16-21-14-9-15-22-17-13-20(5)12-8-11-19(3)4/h11,13,21-22H,6-10,12,14-18H2,1-5H3. The van der Waals surface area contributed by atoms with Crippen LogP contribution in [0.4, 0.5) is 0 Å². The third-order valence-corrected chi connectivity index (χ3v) is 4.12. The number of hydrogen-bond acceptors (Lipinski definition) is 3. The number of nitrogens with one attached hydrogen (secondary N) is 2. The van der Waals surface area contributed by atoms with Crippen LogP contribution in [0.1, 0.15) is 60.3 Å². The fourth-order valence-electron chi connectivity index (χ4n) is 2.47. The lowest BCUT2D eigenvalue weighted by molar-refractivity contribution is 0.298. The van der Waals surface area contributed by atoms with Crippen molar-refractivity contribution in [3.63, 3.8) is 0 Å². The molecular weight excluding hydrogens is 282 g/mol. The second-order valence-electron chi connectivity index (χ2n) is 6.56. The molecule has 0 saturated carbocycles. The highest BCUT2D eigenvalue weighted by Crippen LogP contribution is 2.05. The SMILES string of the molecule is CCN(CC)CCCNCCCNCC=C(C)CCC=C(C)C. The first-order valence-electron chi connectivity index (χ1n) is 9.52. The normalized spacial score (nSPS) is 12.0. The van der Waals surface area contributed by atoms with E-state index in [1.54, 1.807) is 0 Å². The van der Waals surface area contributed by atoms with Gasteiger partial charge in [-0.15, -0.1) is 0 Å². The van der Waals surface area contributed by atoms with Gasteiger partial charge < -0.3 is 15.5 Å². The van der Waals surface area contributed by atoms with Gasteiger partial charge in [-0.05, 0) is 85.7 Å². The van der Waals surface area contributed by atoms with E-state index < -0.39 is 0 Å². The van der Waals surface area contributed by atoms with Gasteiger partial charge in [0.1, 0.15) is 0 Å². The van der Waals surface area contributed by atoms with E-state index in [9.17, 15) is 0 Å². The van der Waals surface area contributed by atoms with Crippen molar-refractivity contribution in [3.05, 3.63) is 23.3 Å². The Morgan fingerprint density at radius 3 is 2.17 bits per heavy atom. The number of allylic oxidation sites excluding steroid dienone is 3. The molecule has 0 aromatic carbocycles. The van der Waals surface area contributed by atoms with Crippen LogP contribution in [0.25, 0.3) is 0 Å². The van der Waals surface area contributed by atoms with E-state index in [-0.39, 0.29) is 0 Å². The molecule has 0 atom stereocenters. The van der Waals surface area contributed by atoms with Crippen molar-refractivity contribution in [1.29, 1.82) is 0 Å². The molecule has 0 rings (SSSR count). The first-order valence-corrected chi connectivity index (χ1v) is 9.52. The van der Waals surface area contributed by atoms with Crippen LogP contribution in [0.2, 0.25) is 0 Å². The van der Waals surface area contributed by atoms with Gasteiger partial charge in [0, 0.05) is 6.54 Å². The minimum atomic E-state index is 1.00. The van der Waals surface area contributed by atoms with Crippen molar-refractivity contribution in [2.75, 3.05) is 45.8 Å². The van der Waals surface area contributed by atoms with E-state index in [4.69, 9.17) is 0 Å². The van der Waals surface area contributed by atoms with Crippen molar-refractivity contribution < 1.29 is 0 Å². The van der Waals surface area contributed by atoms with Gasteiger partial charge in [-0.2, -0.15) is 0 Å². The van der Waals surface area contributed by atoms with Crippen molar-refractivity contribution in [1.82, 2.24) is 15.5 Å². The Morgan fingerprint density at radius 1 is 0.870 bits per heavy atom. The van der Waals surface area contributed by atoms with Crippen LogP contribution in [-0.4, -0.2) is 50.7 Å². The lowest BCUT2D eigenvalue weighted by Gasteiger charge is -2.17. The van der Waals surface area contributed by atoms with Gasteiger partial charge in [0.2, 0.25) is 0 Å². The van der Waals surface area contributed by atoms with Gasteiger partial charge >= 0.3 is 0 Å². The molecule has 3 nitrogen and oxygen atoms in total. The van der Waals surface area contributed by atoms with E-state index in [0.717, 1.165) is 26.2 Å². The van der Waals surface area contributed by atoms with Gasteiger partial charge in [0.25, 0.3) is 0 Å². The van der Waals surface area contributed by atoms with E-state index in [0.29, 0.717) is 0 Å². The maximum absolute atomic E-state index is 3.54. The molecule has 136 valence electrons. The predicted molar refractivity (Wildman–Crippen MR) is 105 cm³/mol. The maximum atomic E-state index is 3.54. The van der Waals surface area contributed by atoms with Gasteiger partial charge in [-0.25, -0.2) is 0 Å². The zero-order valence-electron chi connectivity index (χ0n) is 16.4. The second-order valence-corrected chi connectivity index (χ2v) is 6.56. The summed E-state index contributed by atoms with van der Waals surface area (Å²) >= 11 is 0. The molecule has 3 heteroatoms. The summed E-state index contributed by atoms with van der Waals surface area (Å²) in [5.41, 5.74) is 2.91. The molecule has 0 bridgehead atoms. The summed E-state index contributed by atoms with van der Waals surface area (Å²) in [6, 6.07) is 0. The average molecular weight is 324 g/mol. The fraction of sp³-hybridized carbons (Fsp3) is 0.800. The van der Waals surface area contributed by atoms with Crippen LogP contribution >= 0.6 is 0 Å². The number of nitrogens with zero attached hydrogens (tertiary/aromatic N) is 1. The highest BCUT2D eigenvalue weighted by atomic mass is 15.1. The largest absolute Gasteiger partial charge is 0.317 e. The van der Waals surface area contributed by atoms with E-state index >= 15 is 0 Å². The molecule has 0 aliphatic rings. The van der Waals surface area contributed by atoms with Crippen molar-refractivity contribution in [3.8, 4) is 0 Å². The van der Waals surface area contributed by atoms with Crippen LogP contribution in [0.15, 0.2) is 23.3 Å². The molecule has 0 fully saturated rings. The van der Waals surface area contributed by atoms with E-state index in [2.05, 4.69) is 62.3 Å². The van der Waals surface area contributed by atoms with Crippen LogP contribution in [0, 0.1) is 0 Å². The Hall–Kier alpha value is -0.640. The Morgan fingerprint density at radius 2 is 1.52 bits per heavy atom. The molecule has 0 unspecified atom stereocenters. The first kappa shape index (κ1) is 22.4. The lowest BCUT2D eigenvalue weighted by Crippen LogP contribution is -2.28. The minimum absolute atomic E-state index is 1.00. The van der Waals surface area contributed by atoms with Crippen LogP contribution in [-0.2, 0) is 0 Å². The summed E-state index contributed by atoms with van der Waals surface area (Å²) in [5, 5.41) is 7.04. The summed E-state index contributed by atoms with van der Waals surface area (Å²) in [7, 11) is 0.